The van der Waals surface area contributed by atoms with Gasteiger partial charge in [-0.2, -0.15) is 0 Å². The Balaban J connectivity index is 1.42. The van der Waals surface area contributed by atoms with E-state index in [4.69, 9.17) is 21.3 Å². The molecular weight excluding hydrogens is 422 g/mol. The number of benzene rings is 3. The second-order valence-electron chi connectivity index (χ2n) is 7.64. The molecule has 0 aliphatic heterocycles. The Morgan fingerprint density at radius 3 is 2.53 bits per heavy atom. The molecule has 0 atom stereocenters. The molecule has 0 fully saturated rings. The third kappa shape index (κ3) is 5.11. The van der Waals surface area contributed by atoms with Crippen LogP contribution in [0.4, 0.5) is 0 Å². The second kappa shape index (κ2) is 10.3. The number of rotatable bonds is 9. The van der Waals surface area contributed by atoms with E-state index in [0.29, 0.717) is 18.1 Å². The van der Waals surface area contributed by atoms with E-state index in [1.165, 1.54) is 0 Å². The third-order valence-electron chi connectivity index (χ3n) is 5.46. The van der Waals surface area contributed by atoms with E-state index in [-0.39, 0.29) is 12.3 Å². The lowest BCUT2D eigenvalue weighted by Gasteiger charge is -2.13. The Bertz CT molecular complexity index is 1220. The highest BCUT2D eigenvalue weighted by atomic mass is 35.5. The van der Waals surface area contributed by atoms with Crippen molar-refractivity contribution in [2.24, 2.45) is 0 Å². The minimum absolute atomic E-state index is 0.0272. The number of hydrogen-bond donors (Lipinski definition) is 1. The molecule has 4 rings (SSSR count). The van der Waals surface area contributed by atoms with Gasteiger partial charge in [-0.3, -0.25) is 4.79 Å². The van der Waals surface area contributed by atoms with E-state index in [9.17, 15) is 4.79 Å². The highest BCUT2D eigenvalue weighted by Gasteiger charge is 2.13. The molecular formula is C26H26ClN3O2. The van der Waals surface area contributed by atoms with Gasteiger partial charge in [0.05, 0.1) is 31.1 Å². The minimum Gasteiger partial charge on any atom is -0.496 e. The number of halogens is 1. The van der Waals surface area contributed by atoms with Crippen molar-refractivity contribution < 1.29 is 9.53 Å². The monoisotopic (exact) mass is 447 g/mol. The average Bonchev–Trinajstić information content (AvgIpc) is 3.16. The molecule has 0 aliphatic rings. The highest BCUT2D eigenvalue weighted by molar-refractivity contribution is 6.31. The number of ether oxygens (including phenoxy) is 1. The van der Waals surface area contributed by atoms with E-state index < -0.39 is 0 Å². The molecule has 0 aliphatic carbocycles. The van der Waals surface area contributed by atoms with E-state index >= 15 is 0 Å². The number of hydrogen-bond acceptors (Lipinski definition) is 3. The predicted molar refractivity (Wildman–Crippen MR) is 128 cm³/mol. The minimum atomic E-state index is -0.0272. The Labute approximate surface area is 193 Å². The normalized spacial score (nSPS) is 10.9. The fourth-order valence-electron chi connectivity index (χ4n) is 3.85. The molecule has 1 heterocycles. The molecule has 1 N–H and O–H groups in total. The Morgan fingerprint density at radius 1 is 1.00 bits per heavy atom. The fourth-order valence-corrected chi connectivity index (χ4v) is 4.05. The van der Waals surface area contributed by atoms with Gasteiger partial charge in [0.2, 0.25) is 5.91 Å². The van der Waals surface area contributed by atoms with Gasteiger partial charge >= 0.3 is 0 Å². The summed E-state index contributed by atoms with van der Waals surface area (Å²) in [7, 11) is 1.69. The van der Waals surface area contributed by atoms with Gasteiger partial charge in [-0.15, -0.1) is 0 Å². The molecule has 0 saturated heterocycles. The van der Waals surface area contributed by atoms with Gasteiger partial charge in [0, 0.05) is 23.6 Å². The maximum atomic E-state index is 12.3. The van der Waals surface area contributed by atoms with Crippen LogP contribution >= 0.6 is 11.6 Å². The van der Waals surface area contributed by atoms with Gasteiger partial charge in [-0.1, -0.05) is 60.1 Å². The highest BCUT2D eigenvalue weighted by Crippen LogP contribution is 2.23. The van der Waals surface area contributed by atoms with Crippen molar-refractivity contribution >= 4 is 28.5 Å². The first-order valence-corrected chi connectivity index (χ1v) is 11.1. The van der Waals surface area contributed by atoms with Gasteiger partial charge < -0.3 is 14.6 Å². The van der Waals surface area contributed by atoms with Gasteiger partial charge in [-0.25, -0.2) is 4.98 Å². The summed E-state index contributed by atoms with van der Waals surface area (Å²) in [5.41, 5.74) is 4.01. The van der Waals surface area contributed by atoms with Crippen LogP contribution in [-0.4, -0.2) is 29.1 Å². The summed E-state index contributed by atoms with van der Waals surface area (Å²) < 4.78 is 7.77. The summed E-state index contributed by atoms with van der Waals surface area (Å²) in [6, 6.07) is 23.6. The van der Waals surface area contributed by atoms with Crippen molar-refractivity contribution in [3.63, 3.8) is 0 Å². The number of aromatic nitrogens is 2. The van der Waals surface area contributed by atoms with E-state index in [0.717, 1.165) is 46.6 Å². The van der Waals surface area contributed by atoms with Crippen molar-refractivity contribution in [1.29, 1.82) is 0 Å². The van der Waals surface area contributed by atoms with E-state index in [1.807, 2.05) is 54.6 Å². The van der Waals surface area contributed by atoms with Crippen LogP contribution in [-0.2, 0) is 24.2 Å². The molecule has 0 radical (unpaired) electrons. The zero-order valence-corrected chi connectivity index (χ0v) is 18.8. The van der Waals surface area contributed by atoms with Crippen LogP contribution in [0.15, 0.2) is 72.8 Å². The number of para-hydroxylation sites is 3. The standard InChI is InChI=1S/C26H26ClN3O2/c1-32-24-14-7-3-10-20(24)18-30-23-13-6-5-12-22(23)29-25(30)15-8-16-28-26(31)17-19-9-2-4-11-21(19)27/h2-7,9-14H,8,15-18H2,1H3,(H,28,31). The molecule has 6 heteroatoms. The zero-order chi connectivity index (χ0) is 22.3. The third-order valence-corrected chi connectivity index (χ3v) is 5.83. The van der Waals surface area contributed by atoms with Crippen LogP contribution < -0.4 is 10.1 Å². The number of imidazole rings is 1. The molecule has 0 unspecified atom stereocenters. The van der Waals surface area contributed by atoms with Crippen LogP contribution in [0.3, 0.4) is 0 Å². The largest absolute Gasteiger partial charge is 0.496 e. The quantitative estimate of drug-likeness (QED) is 0.366. The predicted octanol–water partition coefficient (Wildman–Crippen LogP) is 5.04. The lowest BCUT2D eigenvalue weighted by atomic mass is 10.1. The number of nitrogens with zero attached hydrogens (tertiary/aromatic N) is 2. The molecule has 5 nitrogen and oxygen atoms in total. The molecule has 164 valence electrons. The number of carbonyl (C=O) groups is 1. The first-order valence-electron chi connectivity index (χ1n) is 10.7. The lowest BCUT2D eigenvalue weighted by molar-refractivity contribution is -0.120. The fraction of sp³-hybridized carbons (Fsp3) is 0.231. The van der Waals surface area contributed by atoms with Crippen LogP contribution in [0.25, 0.3) is 11.0 Å². The molecule has 0 spiro atoms. The zero-order valence-electron chi connectivity index (χ0n) is 18.1. The van der Waals surface area contributed by atoms with Crippen LogP contribution in [0, 0.1) is 0 Å². The Morgan fingerprint density at radius 2 is 1.72 bits per heavy atom. The maximum Gasteiger partial charge on any atom is 0.224 e. The number of fused-ring (bicyclic) bond motifs is 1. The van der Waals surface area contributed by atoms with Crippen molar-refractivity contribution in [2.45, 2.75) is 25.8 Å². The van der Waals surface area contributed by atoms with Crippen LogP contribution in [0.2, 0.25) is 5.02 Å². The number of amides is 1. The molecule has 32 heavy (non-hydrogen) atoms. The SMILES string of the molecule is COc1ccccc1Cn1c(CCCNC(=O)Cc2ccccc2Cl)nc2ccccc21. The molecule has 0 bridgehead atoms. The van der Waals surface area contributed by atoms with Crippen molar-refractivity contribution in [3.05, 3.63) is 94.8 Å². The summed E-state index contributed by atoms with van der Waals surface area (Å²) in [5.74, 6) is 1.83. The van der Waals surface area contributed by atoms with Crippen molar-refractivity contribution in [1.82, 2.24) is 14.9 Å². The number of nitrogens with one attached hydrogen (secondary N) is 1. The van der Waals surface area contributed by atoms with Gasteiger partial charge in [0.1, 0.15) is 11.6 Å². The smallest absolute Gasteiger partial charge is 0.224 e. The molecule has 4 aromatic rings. The number of carbonyl (C=O) groups excluding carboxylic acids is 1. The number of aryl methyl sites for hydroxylation is 1. The summed E-state index contributed by atoms with van der Waals surface area (Å²) >= 11 is 6.15. The number of methoxy groups -OCH3 is 1. The Hall–Kier alpha value is -3.31. The molecule has 1 amide bonds. The first kappa shape index (κ1) is 21.9. The Kier molecular flexibility index (Phi) is 7.07. The molecule has 1 aromatic heterocycles. The summed E-state index contributed by atoms with van der Waals surface area (Å²) in [5, 5.41) is 3.61. The second-order valence-corrected chi connectivity index (χ2v) is 8.04. The maximum absolute atomic E-state index is 12.3. The van der Waals surface area contributed by atoms with Gasteiger partial charge in [0.25, 0.3) is 0 Å². The summed E-state index contributed by atoms with van der Waals surface area (Å²) in [4.78, 5) is 17.1. The first-order chi connectivity index (χ1) is 15.7. The molecule has 0 saturated carbocycles. The van der Waals surface area contributed by atoms with E-state index in [2.05, 4.69) is 22.0 Å². The summed E-state index contributed by atoms with van der Waals surface area (Å²) in [6.45, 7) is 1.26. The van der Waals surface area contributed by atoms with Gasteiger partial charge in [0.15, 0.2) is 0 Å². The van der Waals surface area contributed by atoms with Gasteiger partial charge in [-0.05, 0) is 36.2 Å². The van der Waals surface area contributed by atoms with Crippen LogP contribution in [0.5, 0.6) is 5.75 Å². The lowest BCUT2D eigenvalue weighted by Crippen LogP contribution is -2.26. The topological polar surface area (TPSA) is 56.1 Å². The summed E-state index contributed by atoms with van der Waals surface area (Å²) in [6.07, 6.45) is 1.84. The van der Waals surface area contributed by atoms with Crippen LogP contribution in [0.1, 0.15) is 23.4 Å². The van der Waals surface area contributed by atoms with Crippen molar-refractivity contribution in [3.8, 4) is 5.75 Å². The van der Waals surface area contributed by atoms with Crippen molar-refractivity contribution in [2.75, 3.05) is 13.7 Å². The van der Waals surface area contributed by atoms with E-state index in [1.54, 1.807) is 13.2 Å². The average molecular weight is 448 g/mol. The molecule has 3 aromatic carbocycles.